The molecule has 39 heavy (non-hydrogen) atoms. The molecule has 0 spiro atoms. The molecule has 0 radical (unpaired) electrons. The molecule has 0 bridgehead atoms. The first-order valence-electron chi connectivity index (χ1n) is 12.1. The van der Waals surface area contributed by atoms with E-state index in [1.807, 2.05) is 0 Å². The van der Waals surface area contributed by atoms with Gasteiger partial charge in [-0.1, -0.05) is 6.07 Å². The van der Waals surface area contributed by atoms with E-state index in [2.05, 4.69) is 15.5 Å². The van der Waals surface area contributed by atoms with Crippen LogP contribution < -0.4 is 10.8 Å². The van der Waals surface area contributed by atoms with Crippen molar-refractivity contribution in [1.82, 2.24) is 29.8 Å². The normalized spacial score (nSPS) is 15.1. The van der Waals surface area contributed by atoms with Crippen molar-refractivity contribution in [3.63, 3.8) is 0 Å². The maximum absolute atomic E-state index is 15.8. The molecule has 1 unspecified atom stereocenters. The van der Waals surface area contributed by atoms with E-state index in [9.17, 15) is 13.6 Å². The van der Waals surface area contributed by atoms with Gasteiger partial charge in [0.05, 0.1) is 35.6 Å². The predicted octanol–water partition coefficient (Wildman–Crippen LogP) is 3.18. The number of benzene rings is 2. The molecule has 2 aromatic heterocycles. The van der Waals surface area contributed by atoms with Crippen molar-refractivity contribution in [2.75, 3.05) is 33.4 Å². The topological polar surface area (TPSA) is 101 Å². The van der Waals surface area contributed by atoms with E-state index in [1.165, 1.54) is 47.1 Å². The molecule has 5 rings (SSSR count). The van der Waals surface area contributed by atoms with E-state index in [0.29, 0.717) is 36.4 Å². The van der Waals surface area contributed by atoms with E-state index in [0.717, 1.165) is 18.2 Å². The number of nitrogens with one attached hydrogen (secondary N) is 2. The van der Waals surface area contributed by atoms with Crippen LogP contribution in [0.25, 0.3) is 22.2 Å². The summed E-state index contributed by atoms with van der Waals surface area (Å²) >= 11 is 0. The van der Waals surface area contributed by atoms with Crippen molar-refractivity contribution in [3.8, 4) is 11.3 Å². The van der Waals surface area contributed by atoms with Crippen LogP contribution in [0.4, 0.5) is 17.6 Å². The molecule has 1 amide bonds. The summed E-state index contributed by atoms with van der Waals surface area (Å²) in [6.45, 7) is 1.43. The van der Waals surface area contributed by atoms with Gasteiger partial charge in [-0.25, -0.2) is 13.5 Å². The zero-order chi connectivity index (χ0) is 27.9. The summed E-state index contributed by atoms with van der Waals surface area (Å²) in [6.07, 6.45) is -0.465. The van der Waals surface area contributed by atoms with Gasteiger partial charge in [-0.15, -0.1) is 0 Å². The van der Waals surface area contributed by atoms with Gasteiger partial charge >= 0.3 is 5.92 Å². The Labute approximate surface area is 220 Å². The molecule has 1 saturated heterocycles. The summed E-state index contributed by atoms with van der Waals surface area (Å²) < 4.78 is 68.8. The Balaban J connectivity index is 1.50. The SMILES string of the molecule is CNC(n1nc(-c2ccc(C(=O)N3CCOCC3)c(F)c2)ccc1=N)C(F)(F)c1cc2cn(C)nc2cc1F. The summed E-state index contributed by atoms with van der Waals surface area (Å²) in [5.74, 6) is -6.28. The Morgan fingerprint density at radius 3 is 2.51 bits per heavy atom. The van der Waals surface area contributed by atoms with Crippen molar-refractivity contribution in [2.45, 2.75) is 12.1 Å². The minimum absolute atomic E-state index is 0.0782. The molecule has 1 aliphatic heterocycles. The number of aromatic nitrogens is 4. The number of nitrogens with zero attached hydrogens (tertiary/aromatic N) is 5. The number of rotatable bonds is 6. The van der Waals surface area contributed by atoms with Crippen molar-refractivity contribution >= 4 is 16.8 Å². The summed E-state index contributed by atoms with van der Waals surface area (Å²) in [5, 5.41) is 19.2. The number of fused-ring (bicyclic) bond motifs is 1. The first kappa shape index (κ1) is 26.5. The molecule has 1 aliphatic rings. The van der Waals surface area contributed by atoms with Crippen molar-refractivity contribution < 1.29 is 27.1 Å². The number of morpholine rings is 1. The Morgan fingerprint density at radius 2 is 1.82 bits per heavy atom. The van der Waals surface area contributed by atoms with E-state index >= 15 is 8.78 Å². The van der Waals surface area contributed by atoms with Crippen LogP contribution in [0.5, 0.6) is 0 Å². The number of alkyl halides is 2. The summed E-state index contributed by atoms with van der Waals surface area (Å²) in [4.78, 5) is 14.2. The van der Waals surface area contributed by atoms with Gasteiger partial charge in [0.15, 0.2) is 6.17 Å². The van der Waals surface area contributed by atoms with Gasteiger partial charge in [-0.05, 0) is 37.4 Å². The van der Waals surface area contributed by atoms with Crippen LogP contribution in [0.3, 0.4) is 0 Å². The van der Waals surface area contributed by atoms with Crippen molar-refractivity contribution in [3.05, 3.63) is 76.9 Å². The molecule has 204 valence electrons. The van der Waals surface area contributed by atoms with E-state index < -0.39 is 35.2 Å². The average Bonchev–Trinajstić information content (AvgIpc) is 3.28. The summed E-state index contributed by atoms with van der Waals surface area (Å²) in [5.41, 5.74) is -0.900. The predicted molar refractivity (Wildman–Crippen MR) is 133 cm³/mol. The zero-order valence-corrected chi connectivity index (χ0v) is 21.1. The van der Waals surface area contributed by atoms with Gasteiger partial charge in [-0.3, -0.25) is 20.2 Å². The Bertz CT molecular complexity index is 1610. The van der Waals surface area contributed by atoms with Crippen molar-refractivity contribution in [1.29, 1.82) is 5.41 Å². The van der Waals surface area contributed by atoms with Crippen LogP contribution in [0.15, 0.2) is 48.7 Å². The van der Waals surface area contributed by atoms with E-state index in [4.69, 9.17) is 10.1 Å². The number of likely N-dealkylation sites (N-methyl/N-ethyl adjacent to an activating group) is 1. The molecule has 0 aliphatic carbocycles. The molecule has 1 fully saturated rings. The number of carbonyl (C=O) groups is 1. The standard InChI is InChI=1S/C26H25F4N7O2/c1-32-25(26(29,30)18-11-16-14-35(2)33-22(16)13-20(18)28)37-23(31)6-5-21(34-37)15-3-4-17(19(27)12-15)24(38)36-7-9-39-10-8-36/h3-6,11-14,25,31-32H,7-10H2,1-2H3. The van der Waals surface area contributed by atoms with Crippen LogP contribution in [-0.2, 0) is 17.7 Å². The third-order valence-corrected chi connectivity index (χ3v) is 6.58. The van der Waals surface area contributed by atoms with Gasteiger partial charge in [0, 0.05) is 43.4 Å². The molecule has 13 heteroatoms. The second-order valence-electron chi connectivity index (χ2n) is 9.16. The molecule has 0 saturated carbocycles. The smallest absolute Gasteiger partial charge is 0.310 e. The number of hydrogen-bond acceptors (Lipinski definition) is 6. The van der Waals surface area contributed by atoms with E-state index in [1.54, 1.807) is 7.05 Å². The lowest BCUT2D eigenvalue weighted by Crippen LogP contribution is -2.44. The fourth-order valence-corrected chi connectivity index (χ4v) is 4.60. The highest BCUT2D eigenvalue weighted by atomic mass is 19.3. The largest absolute Gasteiger partial charge is 0.378 e. The lowest BCUT2D eigenvalue weighted by atomic mass is 10.0. The van der Waals surface area contributed by atoms with E-state index in [-0.39, 0.29) is 27.8 Å². The number of carbonyl (C=O) groups excluding carboxylic acids is 1. The van der Waals surface area contributed by atoms with Crippen molar-refractivity contribution in [2.24, 2.45) is 7.05 Å². The van der Waals surface area contributed by atoms with Gasteiger partial charge in [0.25, 0.3) is 5.91 Å². The lowest BCUT2D eigenvalue weighted by Gasteiger charge is -2.28. The number of hydrogen-bond donors (Lipinski definition) is 2. The van der Waals surface area contributed by atoms with Crippen LogP contribution >= 0.6 is 0 Å². The average molecular weight is 544 g/mol. The Morgan fingerprint density at radius 1 is 1.08 bits per heavy atom. The van der Waals surface area contributed by atoms with Crippen LogP contribution in [-0.4, -0.2) is 63.7 Å². The zero-order valence-electron chi connectivity index (χ0n) is 21.1. The minimum atomic E-state index is -3.85. The Hall–Kier alpha value is -4.10. The van der Waals surface area contributed by atoms with Crippen LogP contribution in [0.1, 0.15) is 22.1 Å². The highest BCUT2D eigenvalue weighted by Crippen LogP contribution is 2.39. The molecule has 4 aromatic rings. The molecule has 9 nitrogen and oxygen atoms in total. The van der Waals surface area contributed by atoms with Gasteiger partial charge in [0.1, 0.15) is 17.1 Å². The second-order valence-corrected chi connectivity index (χ2v) is 9.16. The monoisotopic (exact) mass is 543 g/mol. The molecule has 2 N–H and O–H groups in total. The first-order valence-corrected chi connectivity index (χ1v) is 12.1. The quantitative estimate of drug-likeness (QED) is 0.364. The number of amides is 1. The molecule has 1 atom stereocenters. The second kappa shape index (κ2) is 10.2. The highest BCUT2D eigenvalue weighted by molar-refractivity contribution is 5.95. The van der Waals surface area contributed by atoms with Gasteiger partial charge in [-0.2, -0.15) is 19.0 Å². The first-order chi connectivity index (χ1) is 18.6. The minimum Gasteiger partial charge on any atom is -0.378 e. The van der Waals surface area contributed by atoms with Gasteiger partial charge < -0.3 is 9.64 Å². The summed E-state index contributed by atoms with van der Waals surface area (Å²) in [6, 6.07) is 8.42. The fraction of sp³-hybridized carbons (Fsp3) is 0.308. The highest BCUT2D eigenvalue weighted by Gasteiger charge is 2.45. The number of ether oxygens (including phenoxy) is 1. The maximum Gasteiger partial charge on any atom is 0.310 e. The number of aryl methyl sites for hydroxylation is 1. The van der Waals surface area contributed by atoms with Gasteiger partial charge in [0.2, 0.25) is 0 Å². The van der Waals surface area contributed by atoms with Crippen LogP contribution in [0.2, 0.25) is 0 Å². The fourth-order valence-electron chi connectivity index (χ4n) is 4.60. The number of halogens is 4. The maximum atomic E-state index is 15.8. The Kier molecular flexibility index (Phi) is 6.95. The molecule has 2 aromatic carbocycles. The van der Waals surface area contributed by atoms with Crippen LogP contribution in [0, 0.1) is 17.0 Å². The third-order valence-electron chi connectivity index (χ3n) is 6.58. The third kappa shape index (κ3) is 4.90. The molecular weight excluding hydrogens is 518 g/mol. The summed E-state index contributed by atoms with van der Waals surface area (Å²) in [7, 11) is 2.84. The molecule has 3 heterocycles. The molecular formula is C26H25F4N7O2. The lowest BCUT2D eigenvalue weighted by molar-refractivity contribution is -0.0769.